The average molecular weight is 376 g/mol. The van der Waals surface area contributed by atoms with Crippen LogP contribution < -0.4 is 9.64 Å². The van der Waals surface area contributed by atoms with Crippen LogP contribution in [0.4, 0.5) is 29.1 Å². The molecule has 0 amide bonds. The lowest BCUT2D eigenvalue weighted by atomic mass is 10.2. The van der Waals surface area contributed by atoms with Crippen molar-refractivity contribution in [2.24, 2.45) is 12.0 Å². The van der Waals surface area contributed by atoms with Gasteiger partial charge in [-0.1, -0.05) is 0 Å². The van der Waals surface area contributed by atoms with Crippen LogP contribution in [-0.4, -0.2) is 15.6 Å². The maximum atomic E-state index is 13.5. The molecule has 0 fully saturated rings. The predicted octanol–water partition coefficient (Wildman–Crippen LogP) is 4.06. The Hall–Kier alpha value is -3.36. The number of aryl methyl sites for hydroxylation is 1. The normalized spacial score (nSPS) is 13.4. The lowest BCUT2D eigenvalue weighted by Gasteiger charge is -2.28. The Bertz CT molecular complexity index is 1020. The summed E-state index contributed by atoms with van der Waals surface area (Å²) in [5.74, 6) is -4.52. The summed E-state index contributed by atoms with van der Waals surface area (Å²) in [5, 5.41) is 0. The molecule has 0 bridgehead atoms. The smallest absolute Gasteiger partial charge is 0.304 e. The van der Waals surface area contributed by atoms with Crippen molar-refractivity contribution < 1.29 is 22.3 Å². The van der Waals surface area contributed by atoms with Crippen LogP contribution in [-0.2, 0) is 13.6 Å². The van der Waals surface area contributed by atoms with E-state index < -0.39 is 23.3 Å². The number of ether oxygens (including phenoxy) is 1. The lowest BCUT2D eigenvalue weighted by Crippen LogP contribution is -2.37. The van der Waals surface area contributed by atoms with Gasteiger partial charge in [0.2, 0.25) is 0 Å². The van der Waals surface area contributed by atoms with Gasteiger partial charge < -0.3 is 9.30 Å². The molecule has 0 saturated carbocycles. The van der Waals surface area contributed by atoms with Gasteiger partial charge in [-0.05, 0) is 24.3 Å². The molecule has 0 atom stereocenters. The quantitative estimate of drug-likeness (QED) is 0.500. The van der Waals surface area contributed by atoms with E-state index in [0.717, 1.165) is 12.1 Å². The SMILES string of the molecule is Cn1cnc2c1N=C(Oc1cc(F)c(F)c(F)c1)N(c1ccc(F)cc1)C2. The lowest BCUT2D eigenvalue weighted by molar-refractivity contribution is 0.433. The van der Waals surface area contributed by atoms with Gasteiger partial charge in [0.1, 0.15) is 17.3 Å². The van der Waals surface area contributed by atoms with E-state index in [0.29, 0.717) is 17.2 Å². The topological polar surface area (TPSA) is 42.6 Å². The molecule has 0 aliphatic carbocycles. The van der Waals surface area contributed by atoms with E-state index in [1.165, 1.54) is 24.3 Å². The molecule has 4 rings (SSSR count). The van der Waals surface area contributed by atoms with Crippen molar-refractivity contribution in [3.8, 4) is 5.75 Å². The van der Waals surface area contributed by atoms with Gasteiger partial charge in [-0.2, -0.15) is 4.99 Å². The minimum atomic E-state index is -1.59. The van der Waals surface area contributed by atoms with Crippen molar-refractivity contribution in [1.82, 2.24) is 9.55 Å². The van der Waals surface area contributed by atoms with Crippen molar-refractivity contribution >= 4 is 17.5 Å². The van der Waals surface area contributed by atoms with E-state index in [9.17, 15) is 17.6 Å². The number of benzene rings is 2. The van der Waals surface area contributed by atoms with E-state index in [2.05, 4.69) is 9.98 Å². The van der Waals surface area contributed by atoms with Gasteiger partial charge in [0.25, 0.3) is 0 Å². The Kier molecular flexibility index (Phi) is 4.06. The molecule has 138 valence electrons. The van der Waals surface area contributed by atoms with E-state index >= 15 is 0 Å². The van der Waals surface area contributed by atoms with Gasteiger partial charge >= 0.3 is 6.02 Å². The average Bonchev–Trinajstić information content (AvgIpc) is 3.00. The summed E-state index contributed by atoms with van der Waals surface area (Å²) in [6, 6.07) is 6.98. The third-order valence-corrected chi connectivity index (χ3v) is 4.02. The molecule has 0 saturated heterocycles. The van der Waals surface area contributed by atoms with Crippen LogP contribution in [0.1, 0.15) is 5.69 Å². The molecule has 5 nitrogen and oxygen atoms in total. The highest BCUT2D eigenvalue weighted by Crippen LogP contribution is 2.30. The number of aliphatic imine (C=N–C) groups is 1. The van der Waals surface area contributed by atoms with Crippen molar-refractivity contribution in [3.05, 3.63) is 71.7 Å². The van der Waals surface area contributed by atoms with Crippen molar-refractivity contribution in [1.29, 1.82) is 0 Å². The first kappa shape index (κ1) is 17.1. The number of imidazole rings is 1. The Labute approximate surface area is 151 Å². The third kappa shape index (κ3) is 3.12. The summed E-state index contributed by atoms with van der Waals surface area (Å²) in [6.07, 6.45) is 1.57. The maximum absolute atomic E-state index is 13.5. The molecule has 0 radical (unpaired) electrons. The highest BCUT2D eigenvalue weighted by molar-refractivity contribution is 5.96. The Balaban J connectivity index is 1.76. The van der Waals surface area contributed by atoms with Crippen LogP contribution in [0.25, 0.3) is 0 Å². The first-order valence-electron chi connectivity index (χ1n) is 7.87. The largest absolute Gasteiger partial charge is 0.425 e. The molecule has 9 heteroatoms. The highest BCUT2D eigenvalue weighted by Gasteiger charge is 2.27. The zero-order valence-corrected chi connectivity index (χ0v) is 14.0. The number of rotatable bonds is 2. The van der Waals surface area contributed by atoms with Gasteiger partial charge in [-0.3, -0.25) is 4.90 Å². The van der Waals surface area contributed by atoms with Gasteiger partial charge in [0.15, 0.2) is 23.3 Å². The van der Waals surface area contributed by atoms with Gasteiger partial charge in [-0.25, -0.2) is 22.5 Å². The number of nitrogens with zero attached hydrogens (tertiary/aromatic N) is 4. The number of fused-ring (bicyclic) bond motifs is 1. The molecule has 0 unspecified atom stereocenters. The Morgan fingerprint density at radius 2 is 1.67 bits per heavy atom. The molecule has 1 aliphatic rings. The standard InChI is InChI=1S/C18H12F4N4O/c1-25-9-23-15-8-26(11-4-2-10(19)3-5-11)18(24-17(15)25)27-12-6-13(20)16(22)14(21)7-12/h2-7,9H,8H2,1H3. The fourth-order valence-electron chi connectivity index (χ4n) is 2.69. The molecule has 1 aliphatic heterocycles. The Morgan fingerprint density at radius 3 is 2.33 bits per heavy atom. The second-order valence-corrected chi connectivity index (χ2v) is 5.89. The highest BCUT2D eigenvalue weighted by atomic mass is 19.2. The molecule has 3 aromatic rings. The van der Waals surface area contributed by atoms with Crippen molar-refractivity contribution in [2.75, 3.05) is 4.90 Å². The molecule has 27 heavy (non-hydrogen) atoms. The van der Waals surface area contributed by atoms with E-state index in [1.54, 1.807) is 22.8 Å². The minimum Gasteiger partial charge on any atom is -0.425 e. The number of aromatic nitrogens is 2. The second-order valence-electron chi connectivity index (χ2n) is 5.89. The van der Waals surface area contributed by atoms with Gasteiger partial charge in [-0.15, -0.1) is 0 Å². The zero-order valence-electron chi connectivity index (χ0n) is 14.0. The van der Waals surface area contributed by atoms with Gasteiger partial charge in [0.05, 0.1) is 12.9 Å². The van der Waals surface area contributed by atoms with Crippen LogP contribution in [0, 0.1) is 23.3 Å². The molecular weight excluding hydrogens is 364 g/mol. The fraction of sp³-hybridized carbons (Fsp3) is 0.111. The van der Waals surface area contributed by atoms with Gasteiger partial charge in [0, 0.05) is 24.9 Å². The minimum absolute atomic E-state index is 0.0110. The van der Waals surface area contributed by atoms with E-state index in [1.807, 2.05) is 0 Å². The van der Waals surface area contributed by atoms with Crippen LogP contribution >= 0.6 is 0 Å². The number of hydrogen-bond acceptors (Lipinski definition) is 4. The van der Waals surface area contributed by atoms with E-state index in [4.69, 9.17) is 4.74 Å². The first-order valence-corrected chi connectivity index (χ1v) is 7.87. The zero-order chi connectivity index (χ0) is 19.1. The fourth-order valence-corrected chi connectivity index (χ4v) is 2.69. The third-order valence-electron chi connectivity index (χ3n) is 4.02. The molecular formula is C18H12F4N4O. The number of amidine groups is 1. The molecule has 2 heterocycles. The molecule has 0 spiro atoms. The molecule has 2 aromatic carbocycles. The van der Waals surface area contributed by atoms with Crippen LogP contribution in [0.2, 0.25) is 0 Å². The monoisotopic (exact) mass is 376 g/mol. The van der Waals surface area contributed by atoms with Crippen molar-refractivity contribution in [3.63, 3.8) is 0 Å². The Morgan fingerprint density at radius 1 is 1.00 bits per heavy atom. The first-order chi connectivity index (χ1) is 12.9. The van der Waals surface area contributed by atoms with E-state index in [-0.39, 0.29) is 18.3 Å². The summed E-state index contributed by atoms with van der Waals surface area (Å²) in [7, 11) is 1.73. The maximum Gasteiger partial charge on any atom is 0.304 e. The van der Waals surface area contributed by atoms with Crippen LogP contribution in [0.5, 0.6) is 5.75 Å². The van der Waals surface area contributed by atoms with Crippen LogP contribution in [0.15, 0.2) is 47.7 Å². The predicted molar refractivity (Wildman–Crippen MR) is 89.8 cm³/mol. The summed E-state index contributed by atoms with van der Waals surface area (Å²) in [5.41, 5.74) is 1.18. The van der Waals surface area contributed by atoms with Crippen LogP contribution in [0.3, 0.4) is 0 Å². The summed E-state index contributed by atoms with van der Waals surface area (Å²) < 4.78 is 60.7. The molecule has 1 aromatic heterocycles. The summed E-state index contributed by atoms with van der Waals surface area (Å²) in [4.78, 5) is 10.2. The second kappa shape index (κ2) is 6.42. The summed E-state index contributed by atoms with van der Waals surface area (Å²) in [6.45, 7) is 0.243. The number of anilines is 1. The number of halogens is 4. The number of hydrogen-bond donors (Lipinski definition) is 0. The summed E-state index contributed by atoms with van der Waals surface area (Å²) >= 11 is 0. The molecule has 0 N–H and O–H groups in total. The van der Waals surface area contributed by atoms with Crippen molar-refractivity contribution in [2.45, 2.75) is 6.54 Å².